The number of benzene rings is 2. The summed E-state index contributed by atoms with van der Waals surface area (Å²) in [5.74, 6) is 1.07. The van der Waals surface area contributed by atoms with Crippen LogP contribution in [0.5, 0.6) is 11.5 Å². The molecule has 0 saturated heterocycles. The molecule has 0 bridgehead atoms. The van der Waals surface area contributed by atoms with Gasteiger partial charge in [0.2, 0.25) is 0 Å². The van der Waals surface area contributed by atoms with Gasteiger partial charge in [-0.15, -0.1) is 0 Å². The van der Waals surface area contributed by atoms with Gasteiger partial charge >= 0.3 is 11.3 Å². The van der Waals surface area contributed by atoms with Crippen LogP contribution in [0.2, 0.25) is 0 Å². The second kappa shape index (κ2) is 9.11. The predicted octanol–water partition coefficient (Wildman–Crippen LogP) is 4.21. The molecule has 4 aromatic rings. The molecule has 0 radical (unpaired) electrons. The van der Waals surface area contributed by atoms with Crippen molar-refractivity contribution in [2.45, 2.75) is 40.2 Å². The summed E-state index contributed by atoms with van der Waals surface area (Å²) in [6, 6.07) is 10.2. The first-order valence-corrected chi connectivity index (χ1v) is 10.8. The third-order valence-corrected chi connectivity index (χ3v) is 5.69. The third-order valence-electron chi connectivity index (χ3n) is 5.69. The largest absolute Gasteiger partial charge is 0.490 e. The van der Waals surface area contributed by atoms with Crippen LogP contribution in [0.1, 0.15) is 29.2 Å². The van der Waals surface area contributed by atoms with Crippen molar-refractivity contribution < 1.29 is 23.4 Å². The highest BCUT2D eigenvalue weighted by molar-refractivity contribution is 5.84. The van der Waals surface area contributed by atoms with Crippen molar-refractivity contribution in [2.75, 3.05) is 13.2 Å². The molecule has 4 rings (SSSR count). The highest BCUT2D eigenvalue weighted by atomic mass is 16.5. The van der Waals surface area contributed by atoms with E-state index in [-0.39, 0.29) is 13.2 Å². The van der Waals surface area contributed by atoms with Crippen LogP contribution in [0.25, 0.3) is 21.9 Å². The molecule has 1 unspecified atom stereocenters. The Hall–Kier alpha value is -3.58. The number of hydrogen-bond donors (Lipinski definition) is 1. The van der Waals surface area contributed by atoms with Crippen LogP contribution in [-0.2, 0) is 6.42 Å². The minimum atomic E-state index is -0.908. The van der Waals surface area contributed by atoms with Crippen LogP contribution in [0.4, 0.5) is 0 Å². The summed E-state index contributed by atoms with van der Waals surface area (Å²) in [6.07, 6.45) is -0.188. The van der Waals surface area contributed by atoms with Gasteiger partial charge in [0.15, 0.2) is 0 Å². The smallest absolute Gasteiger partial charge is 0.336 e. The van der Waals surface area contributed by atoms with E-state index in [0.29, 0.717) is 28.2 Å². The second-order valence-electron chi connectivity index (χ2n) is 8.15. The van der Waals surface area contributed by atoms with Gasteiger partial charge in [-0.25, -0.2) is 9.59 Å². The fraction of sp³-hybridized carbons (Fsp3) is 0.308. The lowest BCUT2D eigenvalue weighted by Gasteiger charge is -2.17. The van der Waals surface area contributed by atoms with Gasteiger partial charge in [-0.05, 0) is 62.1 Å². The number of hydrogen-bond acceptors (Lipinski definition) is 7. The normalized spacial score (nSPS) is 12.3. The van der Waals surface area contributed by atoms with Crippen LogP contribution in [0, 0.1) is 20.8 Å². The summed E-state index contributed by atoms with van der Waals surface area (Å²) in [5.41, 5.74) is 3.40. The number of aliphatic hydroxyl groups is 1. The Morgan fingerprint density at radius 2 is 1.48 bits per heavy atom. The third kappa shape index (κ3) is 4.64. The Bertz CT molecular complexity index is 1450. The van der Waals surface area contributed by atoms with E-state index < -0.39 is 17.4 Å². The van der Waals surface area contributed by atoms with Crippen molar-refractivity contribution in [2.24, 2.45) is 0 Å². The molecule has 2 aromatic heterocycles. The molecule has 0 saturated carbocycles. The lowest BCUT2D eigenvalue weighted by molar-refractivity contribution is 0.0621. The minimum Gasteiger partial charge on any atom is -0.490 e. The average molecular weight is 450 g/mol. The van der Waals surface area contributed by atoms with Gasteiger partial charge in [0.25, 0.3) is 0 Å². The van der Waals surface area contributed by atoms with Crippen LogP contribution in [-0.4, -0.2) is 24.4 Å². The van der Waals surface area contributed by atoms with Gasteiger partial charge in [-0.2, -0.15) is 0 Å². The van der Waals surface area contributed by atoms with Crippen molar-refractivity contribution in [3.05, 3.63) is 79.5 Å². The summed E-state index contributed by atoms with van der Waals surface area (Å²) >= 11 is 0. The first-order chi connectivity index (χ1) is 15.8. The molecule has 7 nitrogen and oxygen atoms in total. The quantitative estimate of drug-likeness (QED) is 0.421. The molecule has 1 atom stereocenters. The lowest BCUT2D eigenvalue weighted by atomic mass is 10.1. The van der Waals surface area contributed by atoms with Gasteiger partial charge < -0.3 is 23.4 Å². The Labute approximate surface area is 190 Å². The van der Waals surface area contributed by atoms with E-state index in [0.717, 1.165) is 33.9 Å². The Kier molecular flexibility index (Phi) is 6.24. The molecular weight excluding hydrogens is 424 g/mol. The van der Waals surface area contributed by atoms with E-state index in [9.17, 15) is 14.7 Å². The topological polar surface area (TPSA) is 99.1 Å². The van der Waals surface area contributed by atoms with Gasteiger partial charge in [-0.3, -0.25) is 0 Å². The fourth-order valence-electron chi connectivity index (χ4n) is 3.88. The standard InChI is InChI=1S/C26H26O7/c1-5-17-10-20-15(3)9-24(28)32-23(20)11-22(17)31-13-18(27)12-30-21-7-6-19-14(2)8-25(29)33-26(19)16(21)4/h6-11,18,27H,5,12-13H2,1-4H3. The zero-order chi connectivity index (χ0) is 23.7. The SMILES string of the molecule is CCc1cc2c(C)cc(=O)oc2cc1OCC(O)COc1ccc2c(C)cc(=O)oc2c1C. The first kappa shape index (κ1) is 22.6. The lowest BCUT2D eigenvalue weighted by Crippen LogP contribution is -2.25. The van der Waals surface area contributed by atoms with Crippen LogP contribution in [0.15, 0.2) is 54.8 Å². The summed E-state index contributed by atoms with van der Waals surface area (Å²) in [7, 11) is 0. The average Bonchev–Trinajstić information content (AvgIpc) is 2.77. The number of aryl methyl sites for hydroxylation is 4. The molecule has 0 fully saturated rings. The van der Waals surface area contributed by atoms with Gasteiger partial charge in [-0.1, -0.05) is 6.92 Å². The molecule has 0 aliphatic carbocycles. The maximum Gasteiger partial charge on any atom is 0.336 e. The molecule has 1 N–H and O–H groups in total. The van der Waals surface area contributed by atoms with E-state index in [1.54, 1.807) is 19.1 Å². The van der Waals surface area contributed by atoms with E-state index in [2.05, 4.69) is 0 Å². The molecule has 0 spiro atoms. The van der Waals surface area contributed by atoms with E-state index in [1.165, 1.54) is 12.1 Å². The summed E-state index contributed by atoms with van der Waals surface area (Å²) in [4.78, 5) is 23.5. The Morgan fingerprint density at radius 3 is 2.18 bits per heavy atom. The van der Waals surface area contributed by atoms with Gasteiger partial charge in [0, 0.05) is 34.5 Å². The molecule has 2 aromatic carbocycles. The zero-order valence-corrected chi connectivity index (χ0v) is 19.1. The molecule has 33 heavy (non-hydrogen) atoms. The molecular formula is C26H26O7. The molecule has 0 amide bonds. The summed E-state index contributed by atoms with van der Waals surface area (Å²) in [6.45, 7) is 7.51. The van der Waals surface area contributed by atoms with E-state index in [1.807, 2.05) is 32.9 Å². The molecule has 0 aliphatic heterocycles. The molecule has 2 heterocycles. The van der Waals surface area contributed by atoms with Crippen LogP contribution >= 0.6 is 0 Å². The Morgan fingerprint density at radius 1 is 0.848 bits per heavy atom. The number of rotatable bonds is 7. The highest BCUT2D eigenvalue weighted by Crippen LogP contribution is 2.29. The zero-order valence-electron chi connectivity index (χ0n) is 19.1. The maximum absolute atomic E-state index is 11.7. The molecule has 7 heteroatoms. The molecule has 0 aliphatic rings. The highest BCUT2D eigenvalue weighted by Gasteiger charge is 2.14. The number of ether oxygens (including phenoxy) is 2. The Balaban J connectivity index is 1.47. The van der Waals surface area contributed by atoms with Gasteiger partial charge in [0.1, 0.15) is 42.0 Å². The monoisotopic (exact) mass is 450 g/mol. The van der Waals surface area contributed by atoms with Crippen LogP contribution < -0.4 is 20.7 Å². The van der Waals surface area contributed by atoms with Crippen molar-refractivity contribution in [3.63, 3.8) is 0 Å². The van der Waals surface area contributed by atoms with Gasteiger partial charge in [0.05, 0.1) is 0 Å². The summed E-state index contributed by atoms with van der Waals surface area (Å²) in [5, 5.41) is 12.1. The molecule has 172 valence electrons. The van der Waals surface area contributed by atoms with Crippen molar-refractivity contribution in [3.8, 4) is 11.5 Å². The number of aliphatic hydroxyl groups excluding tert-OH is 1. The second-order valence-corrected chi connectivity index (χ2v) is 8.15. The predicted molar refractivity (Wildman–Crippen MR) is 126 cm³/mol. The van der Waals surface area contributed by atoms with Crippen molar-refractivity contribution >= 4 is 21.9 Å². The maximum atomic E-state index is 11.7. The van der Waals surface area contributed by atoms with E-state index in [4.69, 9.17) is 18.3 Å². The van der Waals surface area contributed by atoms with Crippen molar-refractivity contribution in [1.82, 2.24) is 0 Å². The minimum absolute atomic E-state index is 0.00459. The van der Waals surface area contributed by atoms with Crippen LogP contribution in [0.3, 0.4) is 0 Å². The first-order valence-electron chi connectivity index (χ1n) is 10.8. The van der Waals surface area contributed by atoms with Crippen molar-refractivity contribution in [1.29, 1.82) is 0 Å². The fourth-order valence-corrected chi connectivity index (χ4v) is 3.88. The van der Waals surface area contributed by atoms with E-state index >= 15 is 0 Å². The number of fused-ring (bicyclic) bond motifs is 2. The summed E-state index contributed by atoms with van der Waals surface area (Å²) < 4.78 is 22.3.